The minimum atomic E-state index is -0.399. The van der Waals surface area contributed by atoms with Crippen molar-refractivity contribution in [3.63, 3.8) is 0 Å². The van der Waals surface area contributed by atoms with Crippen molar-refractivity contribution >= 4 is 11.9 Å². The summed E-state index contributed by atoms with van der Waals surface area (Å²) in [5.74, 6) is 1.33. The summed E-state index contributed by atoms with van der Waals surface area (Å²) >= 11 is 0. The van der Waals surface area contributed by atoms with Gasteiger partial charge in [-0.3, -0.25) is 4.79 Å². The molecular weight excluding hydrogens is 216 g/mol. The van der Waals surface area contributed by atoms with Crippen molar-refractivity contribution in [1.82, 2.24) is 0 Å². The lowest BCUT2D eigenvalue weighted by Crippen LogP contribution is -2.28. The third kappa shape index (κ3) is 2.05. The highest BCUT2D eigenvalue weighted by atomic mass is 16.5. The van der Waals surface area contributed by atoms with Gasteiger partial charge in [-0.05, 0) is 45.1 Å². The van der Waals surface area contributed by atoms with Crippen LogP contribution in [0, 0.1) is 0 Å². The molecule has 0 aliphatic carbocycles. The summed E-state index contributed by atoms with van der Waals surface area (Å²) in [5, 5.41) is 0. The highest BCUT2D eigenvalue weighted by Gasteiger charge is 2.27. The van der Waals surface area contributed by atoms with Crippen LogP contribution in [0.5, 0.6) is 11.5 Å². The first-order valence-electron chi connectivity index (χ1n) is 5.55. The molecule has 2 rings (SSSR count). The van der Waals surface area contributed by atoms with E-state index in [1.54, 1.807) is 19.2 Å². The number of Topliss-reactive ketones (excluding diaryl/α,β-unsaturated/α-hetero) is 1. The first kappa shape index (κ1) is 11.7. The first-order valence-corrected chi connectivity index (χ1v) is 5.55. The van der Waals surface area contributed by atoms with Gasteiger partial charge in [-0.2, -0.15) is 0 Å². The molecule has 1 aliphatic rings. The molecule has 0 aromatic heterocycles. The Morgan fingerprint density at radius 2 is 2.06 bits per heavy atom. The number of hydrogen-bond acceptors (Lipinski definition) is 3. The Hall–Kier alpha value is -1.77. The van der Waals surface area contributed by atoms with Crippen LogP contribution < -0.4 is 9.47 Å². The number of carbonyl (C=O) groups is 1. The van der Waals surface area contributed by atoms with Crippen molar-refractivity contribution in [1.29, 1.82) is 0 Å². The van der Waals surface area contributed by atoms with E-state index in [9.17, 15) is 4.79 Å². The Balaban J connectivity index is 2.65. The molecule has 0 saturated heterocycles. The van der Waals surface area contributed by atoms with E-state index in [0.717, 1.165) is 11.3 Å². The molecule has 17 heavy (non-hydrogen) atoms. The Bertz CT molecular complexity index is 498. The van der Waals surface area contributed by atoms with E-state index >= 15 is 0 Å². The number of methoxy groups -OCH3 is 1. The molecule has 0 saturated carbocycles. The molecule has 1 heterocycles. The number of carbonyl (C=O) groups excluding carboxylic acids is 1. The van der Waals surface area contributed by atoms with Crippen LogP contribution in [0.1, 0.15) is 36.7 Å². The third-order valence-electron chi connectivity index (χ3n) is 2.77. The summed E-state index contributed by atoms with van der Waals surface area (Å²) in [4.78, 5) is 11.6. The molecule has 1 aromatic carbocycles. The van der Waals surface area contributed by atoms with Crippen molar-refractivity contribution < 1.29 is 14.3 Å². The van der Waals surface area contributed by atoms with Gasteiger partial charge >= 0.3 is 0 Å². The van der Waals surface area contributed by atoms with Crippen LogP contribution in [0.3, 0.4) is 0 Å². The number of hydrogen-bond donors (Lipinski definition) is 0. The zero-order chi connectivity index (χ0) is 12.6. The molecule has 0 fully saturated rings. The van der Waals surface area contributed by atoms with Crippen molar-refractivity contribution in [2.45, 2.75) is 26.4 Å². The van der Waals surface area contributed by atoms with Gasteiger partial charge in [0.15, 0.2) is 5.78 Å². The maximum Gasteiger partial charge on any atom is 0.163 e. The highest BCUT2D eigenvalue weighted by Crippen LogP contribution is 2.39. The molecule has 3 nitrogen and oxygen atoms in total. The fraction of sp³-hybridized carbons (Fsp3) is 0.357. The minimum Gasteiger partial charge on any atom is -0.496 e. The van der Waals surface area contributed by atoms with E-state index in [2.05, 4.69) is 0 Å². The zero-order valence-electron chi connectivity index (χ0n) is 10.5. The molecule has 0 amide bonds. The van der Waals surface area contributed by atoms with Crippen LogP contribution in [0.4, 0.5) is 0 Å². The molecule has 1 aromatic rings. The Kier molecular flexibility index (Phi) is 2.69. The van der Waals surface area contributed by atoms with Gasteiger partial charge < -0.3 is 9.47 Å². The monoisotopic (exact) mass is 232 g/mol. The molecule has 0 radical (unpaired) electrons. The van der Waals surface area contributed by atoms with Crippen molar-refractivity contribution in [3.05, 3.63) is 29.3 Å². The lowest BCUT2D eigenvalue weighted by Gasteiger charge is -2.29. The van der Waals surface area contributed by atoms with E-state index in [4.69, 9.17) is 9.47 Å². The Morgan fingerprint density at radius 3 is 2.65 bits per heavy atom. The summed E-state index contributed by atoms with van der Waals surface area (Å²) in [6.45, 7) is 5.45. The summed E-state index contributed by atoms with van der Waals surface area (Å²) in [7, 11) is 1.61. The van der Waals surface area contributed by atoms with Gasteiger partial charge in [-0.25, -0.2) is 0 Å². The molecule has 0 spiro atoms. The van der Waals surface area contributed by atoms with Gasteiger partial charge in [0.25, 0.3) is 0 Å². The minimum absolute atomic E-state index is 0.00463. The van der Waals surface area contributed by atoms with Gasteiger partial charge in [-0.15, -0.1) is 0 Å². The number of benzene rings is 1. The topological polar surface area (TPSA) is 35.5 Å². The molecular formula is C14H16O3. The maximum absolute atomic E-state index is 11.6. The molecule has 3 heteroatoms. The Morgan fingerprint density at radius 1 is 1.35 bits per heavy atom. The standard InChI is InChI=1S/C14H16O3/c1-9(15)10-5-6-12(16-4)11-7-8-14(2,3)17-13(10)11/h5-8H,1-4H3. The van der Waals surface area contributed by atoms with Gasteiger partial charge in [0, 0.05) is 0 Å². The second kappa shape index (κ2) is 3.91. The number of ketones is 1. The average molecular weight is 232 g/mol. The van der Waals surface area contributed by atoms with E-state index in [1.807, 2.05) is 26.0 Å². The largest absolute Gasteiger partial charge is 0.496 e. The lowest BCUT2D eigenvalue weighted by atomic mass is 9.98. The van der Waals surface area contributed by atoms with Crippen LogP contribution in [-0.4, -0.2) is 18.5 Å². The lowest BCUT2D eigenvalue weighted by molar-refractivity contribution is 0.1000. The molecule has 1 aliphatic heterocycles. The fourth-order valence-corrected chi connectivity index (χ4v) is 1.89. The van der Waals surface area contributed by atoms with E-state index in [0.29, 0.717) is 11.3 Å². The predicted molar refractivity (Wildman–Crippen MR) is 66.7 cm³/mol. The summed E-state index contributed by atoms with van der Waals surface area (Å²) < 4.78 is 11.1. The van der Waals surface area contributed by atoms with Crippen LogP contribution in [-0.2, 0) is 0 Å². The van der Waals surface area contributed by atoms with Crippen molar-refractivity contribution in [2.75, 3.05) is 7.11 Å². The quantitative estimate of drug-likeness (QED) is 0.735. The van der Waals surface area contributed by atoms with Gasteiger partial charge in [0.2, 0.25) is 0 Å². The predicted octanol–water partition coefficient (Wildman–Crippen LogP) is 3.08. The smallest absolute Gasteiger partial charge is 0.163 e. The van der Waals surface area contributed by atoms with Gasteiger partial charge in [0.1, 0.15) is 17.1 Å². The molecule has 90 valence electrons. The molecule has 0 atom stereocenters. The second-order valence-electron chi connectivity index (χ2n) is 4.65. The van der Waals surface area contributed by atoms with E-state index in [-0.39, 0.29) is 5.78 Å². The fourth-order valence-electron chi connectivity index (χ4n) is 1.89. The number of rotatable bonds is 2. The zero-order valence-corrected chi connectivity index (χ0v) is 10.5. The number of ether oxygens (including phenoxy) is 2. The Labute approximate surface area is 101 Å². The average Bonchev–Trinajstić information content (AvgIpc) is 2.25. The summed E-state index contributed by atoms with van der Waals surface area (Å²) in [6.07, 6.45) is 3.91. The maximum atomic E-state index is 11.6. The summed E-state index contributed by atoms with van der Waals surface area (Å²) in [5.41, 5.74) is 1.03. The SMILES string of the molecule is COc1ccc(C(C)=O)c2c1C=CC(C)(C)O2. The normalized spacial score (nSPS) is 16.0. The van der Waals surface area contributed by atoms with Crippen LogP contribution in [0.2, 0.25) is 0 Å². The number of fused-ring (bicyclic) bond motifs is 1. The van der Waals surface area contributed by atoms with Gasteiger partial charge in [0.05, 0.1) is 18.2 Å². The van der Waals surface area contributed by atoms with Gasteiger partial charge in [-0.1, -0.05) is 0 Å². The van der Waals surface area contributed by atoms with Crippen molar-refractivity contribution in [2.24, 2.45) is 0 Å². The molecule has 0 N–H and O–H groups in total. The third-order valence-corrected chi connectivity index (χ3v) is 2.77. The molecule has 0 unspecified atom stereocenters. The first-order chi connectivity index (χ1) is 7.94. The summed E-state index contributed by atoms with van der Waals surface area (Å²) in [6, 6.07) is 3.54. The van der Waals surface area contributed by atoms with Crippen LogP contribution >= 0.6 is 0 Å². The second-order valence-corrected chi connectivity index (χ2v) is 4.65. The van der Waals surface area contributed by atoms with Crippen molar-refractivity contribution in [3.8, 4) is 11.5 Å². The molecule has 0 bridgehead atoms. The van der Waals surface area contributed by atoms with Crippen LogP contribution in [0.15, 0.2) is 18.2 Å². The van der Waals surface area contributed by atoms with E-state index in [1.165, 1.54) is 6.92 Å². The van der Waals surface area contributed by atoms with E-state index < -0.39 is 5.60 Å². The highest BCUT2D eigenvalue weighted by molar-refractivity contribution is 5.98. The van der Waals surface area contributed by atoms with Crippen LogP contribution in [0.25, 0.3) is 6.08 Å².